The van der Waals surface area contributed by atoms with Crippen molar-refractivity contribution in [3.8, 4) is 0 Å². The van der Waals surface area contributed by atoms with E-state index in [9.17, 15) is 9.59 Å². The van der Waals surface area contributed by atoms with Gasteiger partial charge >= 0.3 is 5.97 Å². The van der Waals surface area contributed by atoms with E-state index in [1.165, 1.54) is 12.1 Å². The number of likely N-dealkylation sites (tertiary alicyclic amines) is 1. The Balaban J connectivity index is 2.24. The molecule has 2 rings (SSSR count). The van der Waals surface area contributed by atoms with E-state index in [0.29, 0.717) is 11.5 Å². The molecule has 4 nitrogen and oxygen atoms in total. The van der Waals surface area contributed by atoms with E-state index in [-0.39, 0.29) is 17.5 Å². The Kier molecular flexibility index (Phi) is 3.88. The molecule has 0 spiro atoms. The first-order valence-electron chi connectivity index (χ1n) is 6.67. The molecular weight excluding hydrogens is 242 g/mol. The first kappa shape index (κ1) is 13.6. The molecule has 0 saturated carbocycles. The fraction of sp³-hybridized carbons (Fsp3) is 0.467. The van der Waals surface area contributed by atoms with Crippen LogP contribution in [-0.2, 0) is 0 Å². The number of hydrogen-bond donors (Lipinski definition) is 1. The molecule has 1 heterocycles. The highest BCUT2D eigenvalue weighted by atomic mass is 16.4. The number of hydrogen-bond acceptors (Lipinski definition) is 2. The van der Waals surface area contributed by atoms with Crippen LogP contribution >= 0.6 is 0 Å². The van der Waals surface area contributed by atoms with Gasteiger partial charge in [0.05, 0.1) is 5.56 Å². The summed E-state index contributed by atoms with van der Waals surface area (Å²) in [6.07, 6.45) is 1.97. The molecule has 2 atom stereocenters. The maximum Gasteiger partial charge on any atom is 0.335 e. The van der Waals surface area contributed by atoms with Gasteiger partial charge in [0, 0.05) is 18.2 Å². The van der Waals surface area contributed by atoms with Crippen LogP contribution in [0.25, 0.3) is 0 Å². The molecule has 0 radical (unpaired) electrons. The number of nitrogens with zero attached hydrogens (tertiary/aromatic N) is 1. The Hall–Kier alpha value is -1.84. The molecule has 1 aliphatic rings. The summed E-state index contributed by atoms with van der Waals surface area (Å²) >= 11 is 0. The number of carbonyl (C=O) groups is 2. The lowest BCUT2D eigenvalue weighted by molar-refractivity contribution is 0.0697. The topological polar surface area (TPSA) is 57.6 Å². The molecule has 1 saturated heterocycles. The van der Waals surface area contributed by atoms with Crippen LogP contribution in [-0.4, -0.2) is 34.5 Å². The average molecular weight is 261 g/mol. The monoisotopic (exact) mass is 261 g/mol. The second-order valence-electron chi connectivity index (χ2n) is 5.25. The van der Waals surface area contributed by atoms with Crippen LogP contribution in [0, 0.1) is 5.92 Å². The van der Waals surface area contributed by atoms with Crippen molar-refractivity contribution < 1.29 is 14.7 Å². The van der Waals surface area contributed by atoms with Gasteiger partial charge in [-0.25, -0.2) is 4.79 Å². The van der Waals surface area contributed by atoms with Crippen molar-refractivity contribution >= 4 is 11.9 Å². The number of carbonyl (C=O) groups excluding carboxylic acids is 1. The quantitative estimate of drug-likeness (QED) is 0.910. The number of carboxylic acid groups (broad SMARTS) is 1. The van der Waals surface area contributed by atoms with Gasteiger partial charge in [-0.3, -0.25) is 4.79 Å². The zero-order chi connectivity index (χ0) is 14.0. The number of rotatable bonds is 3. The molecule has 2 unspecified atom stereocenters. The lowest BCUT2D eigenvalue weighted by atomic mass is 10.1. The van der Waals surface area contributed by atoms with Crippen LogP contribution in [0.2, 0.25) is 0 Å². The Morgan fingerprint density at radius 1 is 1.37 bits per heavy atom. The van der Waals surface area contributed by atoms with Crippen molar-refractivity contribution in [2.75, 3.05) is 6.54 Å². The Bertz CT molecular complexity index is 498. The van der Waals surface area contributed by atoms with Crippen LogP contribution in [0.5, 0.6) is 0 Å². The van der Waals surface area contributed by atoms with Gasteiger partial charge in [-0.1, -0.05) is 19.9 Å². The third kappa shape index (κ3) is 2.78. The lowest BCUT2D eigenvalue weighted by Crippen LogP contribution is -2.35. The maximum absolute atomic E-state index is 12.5. The standard InChI is InChI=1S/C15H19NO3/c1-3-13-7-10(2)9-16(13)14(17)11-5-4-6-12(8-11)15(18)19/h4-6,8,10,13H,3,7,9H2,1-2H3,(H,18,19). The van der Waals surface area contributed by atoms with Gasteiger partial charge < -0.3 is 10.0 Å². The molecule has 102 valence electrons. The molecule has 0 bridgehead atoms. The van der Waals surface area contributed by atoms with Gasteiger partial charge in [-0.05, 0) is 37.0 Å². The van der Waals surface area contributed by atoms with E-state index in [2.05, 4.69) is 13.8 Å². The highest BCUT2D eigenvalue weighted by molar-refractivity contribution is 5.97. The Morgan fingerprint density at radius 2 is 2.05 bits per heavy atom. The molecule has 0 aliphatic carbocycles. The molecule has 1 fully saturated rings. The Morgan fingerprint density at radius 3 is 2.68 bits per heavy atom. The van der Waals surface area contributed by atoms with Crippen molar-refractivity contribution in [2.45, 2.75) is 32.7 Å². The summed E-state index contributed by atoms with van der Waals surface area (Å²) in [7, 11) is 0. The zero-order valence-electron chi connectivity index (χ0n) is 11.3. The van der Waals surface area contributed by atoms with Gasteiger partial charge in [0.1, 0.15) is 0 Å². The molecule has 1 aromatic rings. The minimum atomic E-state index is -1.00. The van der Waals surface area contributed by atoms with Gasteiger partial charge in [0.15, 0.2) is 0 Å². The molecule has 0 aromatic heterocycles. The first-order chi connectivity index (χ1) is 9.02. The summed E-state index contributed by atoms with van der Waals surface area (Å²) in [6, 6.07) is 6.54. The first-order valence-corrected chi connectivity index (χ1v) is 6.67. The fourth-order valence-corrected chi connectivity index (χ4v) is 2.74. The second kappa shape index (κ2) is 5.43. The van der Waals surface area contributed by atoms with Crippen LogP contribution in [0.1, 0.15) is 47.4 Å². The lowest BCUT2D eigenvalue weighted by Gasteiger charge is -2.23. The van der Waals surface area contributed by atoms with E-state index in [1.807, 2.05) is 4.90 Å². The summed E-state index contributed by atoms with van der Waals surface area (Å²) in [5.74, 6) is -0.549. The summed E-state index contributed by atoms with van der Waals surface area (Å²) in [4.78, 5) is 25.3. The largest absolute Gasteiger partial charge is 0.478 e. The van der Waals surface area contributed by atoms with Gasteiger partial charge in [0.25, 0.3) is 5.91 Å². The van der Waals surface area contributed by atoms with E-state index >= 15 is 0 Å². The van der Waals surface area contributed by atoms with Crippen molar-refractivity contribution in [2.24, 2.45) is 5.92 Å². The summed E-state index contributed by atoms with van der Waals surface area (Å²) in [6.45, 7) is 4.98. The van der Waals surface area contributed by atoms with Crippen molar-refractivity contribution in [1.82, 2.24) is 4.90 Å². The number of aromatic carboxylic acids is 1. The number of carboxylic acids is 1. The molecule has 1 N–H and O–H groups in total. The van der Waals surface area contributed by atoms with Crippen LogP contribution < -0.4 is 0 Å². The van der Waals surface area contributed by atoms with Crippen molar-refractivity contribution in [1.29, 1.82) is 0 Å². The normalized spacial score (nSPS) is 22.5. The molecular formula is C15H19NO3. The van der Waals surface area contributed by atoms with Crippen LogP contribution in [0.4, 0.5) is 0 Å². The fourth-order valence-electron chi connectivity index (χ4n) is 2.74. The maximum atomic E-state index is 12.5. The van der Waals surface area contributed by atoms with Crippen molar-refractivity contribution in [3.63, 3.8) is 0 Å². The minimum Gasteiger partial charge on any atom is -0.478 e. The molecule has 1 aromatic carbocycles. The summed E-state index contributed by atoms with van der Waals surface area (Å²) in [5.41, 5.74) is 0.624. The third-order valence-corrected chi connectivity index (χ3v) is 3.71. The minimum absolute atomic E-state index is 0.0562. The van der Waals surface area contributed by atoms with Gasteiger partial charge in [-0.15, -0.1) is 0 Å². The van der Waals surface area contributed by atoms with E-state index < -0.39 is 5.97 Å². The molecule has 19 heavy (non-hydrogen) atoms. The van der Waals surface area contributed by atoms with E-state index in [0.717, 1.165) is 19.4 Å². The predicted octanol–water partition coefficient (Wildman–Crippen LogP) is 2.65. The van der Waals surface area contributed by atoms with E-state index in [4.69, 9.17) is 5.11 Å². The smallest absolute Gasteiger partial charge is 0.335 e. The zero-order valence-corrected chi connectivity index (χ0v) is 11.3. The SMILES string of the molecule is CCC1CC(C)CN1C(=O)c1cccc(C(=O)O)c1. The highest BCUT2D eigenvalue weighted by Gasteiger charge is 2.32. The third-order valence-electron chi connectivity index (χ3n) is 3.71. The number of amides is 1. The number of benzene rings is 1. The molecule has 1 aliphatic heterocycles. The second-order valence-corrected chi connectivity index (χ2v) is 5.25. The average Bonchev–Trinajstić information content (AvgIpc) is 2.79. The van der Waals surface area contributed by atoms with Crippen LogP contribution in [0.3, 0.4) is 0 Å². The Labute approximate surface area is 113 Å². The highest BCUT2D eigenvalue weighted by Crippen LogP contribution is 2.26. The van der Waals surface area contributed by atoms with Gasteiger partial charge in [0.2, 0.25) is 0 Å². The summed E-state index contributed by atoms with van der Waals surface area (Å²) < 4.78 is 0. The van der Waals surface area contributed by atoms with Crippen molar-refractivity contribution in [3.05, 3.63) is 35.4 Å². The van der Waals surface area contributed by atoms with E-state index in [1.54, 1.807) is 12.1 Å². The molecule has 4 heteroatoms. The summed E-state index contributed by atoms with van der Waals surface area (Å²) in [5, 5.41) is 8.97. The molecule has 1 amide bonds. The van der Waals surface area contributed by atoms with Crippen LogP contribution in [0.15, 0.2) is 24.3 Å². The van der Waals surface area contributed by atoms with Gasteiger partial charge in [-0.2, -0.15) is 0 Å². The predicted molar refractivity (Wildman–Crippen MR) is 72.3 cm³/mol.